The molecule has 0 aromatic rings. The number of likely N-dealkylation sites (N-methyl/N-ethyl adjacent to an activating group) is 1. The van der Waals surface area contributed by atoms with E-state index in [1.165, 1.54) is 51.4 Å². The Kier molecular flexibility index (Phi) is 31.9. The van der Waals surface area contributed by atoms with Gasteiger partial charge < -0.3 is 23.6 Å². The van der Waals surface area contributed by atoms with Gasteiger partial charge in [0.1, 0.15) is 19.8 Å². The van der Waals surface area contributed by atoms with Gasteiger partial charge in [0, 0.05) is 12.8 Å². The van der Waals surface area contributed by atoms with Gasteiger partial charge in [-0.25, -0.2) is 4.57 Å². The van der Waals surface area contributed by atoms with Gasteiger partial charge in [-0.2, -0.15) is 0 Å². The molecule has 1 fully saturated rings. The van der Waals surface area contributed by atoms with Crippen LogP contribution in [0.4, 0.5) is 0 Å². The number of phosphoric ester groups is 1. The molecule has 0 spiro atoms. The molecule has 0 saturated carbocycles. The molecule has 0 aromatic heterocycles. The van der Waals surface area contributed by atoms with Crippen LogP contribution in [0.1, 0.15) is 155 Å². The zero-order valence-corrected chi connectivity index (χ0v) is 37.4. The Morgan fingerprint density at radius 3 is 1.84 bits per heavy atom. The van der Waals surface area contributed by atoms with Crippen LogP contribution in [0.25, 0.3) is 0 Å². The number of phosphoric acid groups is 1. The molecule has 11 heteroatoms. The van der Waals surface area contributed by atoms with Crippen molar-refractivity contribution in [1.82, 2.24) is 0 Å². The minimum absolute atomic E-state index is 0.0154. The summed E-state index contributed by atoms with van der Waals surface area (Å²) in [7, 11) is 1.42. The monoisotopic (exact) mass is 823 g/mol. The summed E-state index contributed by atoms with van der Waals surface area (Å²) in [5, 5.41) is 0. The maximum Gasteiger partial charge on any atom is 0.472 e. The van der Waals surface area contributed by atoms with Crippen LogP contribution in [-0.4, -0.2) is 87.1 Å². The molecule has 1 saturated heterocycles. The first-order valence-corrected chi connectivity index (χ1v) is 23.6. The highest BCUT2D eigenvalue weighted by atomic mass is 31.2. The van der Waals surface area contributed by atoms with Crippen molar-refractivity contribution in [1.29, 1.82) is 0 Å². The number of allylic oxidation sites excluding steroid dienone is 9. The van der Waals surface area contributed by atoms with Crippen LogP contribution in [0.5, 0.6) is 0 Å². The summed E-state index contributed by atoms with van der Waals surface area (Å²) in [6, 6.07) is 0. The third kappa shape index (κ3) is 35.3. The van der Waals surface area contributed by atoms with Gasteiger partial charge in [0.05, 0.1) is 40.0 Å². The van der Waals surface area contributed by atoms with Crippen molar-refractivity contribution in [2.45, 2.75) is 173 Å². The van der Waals surface area contributed by atoms with Crippen LogP contribution in [0, 0.1) is 0 Å². The molecule has 1 aliphatic rings. The van der Waals surface area contributed by atoms with E-state index >= 15 is 0 Å². The van der Waals surface area contributed by atoms with Crippen LogP contribution in [0.2, 0.25) is 0 Å². The number of hydrogen-bond acceptors (Lipinski definition) is 8. The molecule has 1 heterocycles. The van der Waals surface area contributed by atoms with Crippen molar-refractivity contribution >= 4 is 19.8 Å². The second-order valence-electron chi connectivity index (χ2n) is 16.1. The van der Waals surface area contributed by atoms with E-state index in [1.807, 2.05) is 21.1 Å². The van der Waals surface area contributed by atoms with E-state index < -0.39 is 32.5 Å². The van der Waals surface area contributed by atoms with Gasteiger partial charge in [-0.1, -0.05) is 126 Å². The first-order chi connectivity index (χ1) is 27.5. The fourth-order valence-electron chi connectivity index (χ4n) is 5.83. The van der Waals surface area contributed by atoms with Crippen molar-refractivity contribution in [2.75, 3.05) is 47.5 Å². The van der Waals surface area contributed by atoms with Crippen molar-refractivity contribution < 1.29 is 46.8 Å². The first-order valence-electron chi connectivity index (χ1n) is 22.1. The van der Waals surface area contributed by atoms with Crippen molar-refractivity contribution in [3.8, 4) is 0 Å². The standard InChI is InChI=1S/C46H80NO9P/c1-6-8-10-11-12-13-14-15-16-17-18-19-20-21-25-28-32-36-45(48)52-40-42(41-54-57(50,51)53-39-38-47(3,4)5)55-46(49)37-33-29-26-23-22-24-27-31-35-44-43(56-44)34-30-9-7-2/h12-13,15-16,18-19,21,25,27,31,42-44H,6-11,14,17,20,22-24,26,28-30,32-41H2,1-5H3/p+1/b13-12-,16-15-,19-18-,25-21-,31-27-/t42-,43?,44?/m1/s1. The zero-order chi connectivity index (χ0) is 41.9. The second kappa shape index (κ2) is 34.5. The van der Waals surface area contributed by atoms with E-state index in [0.717, 1.165) is 64.2 Å². The first kappa shape index (κ1) is 52.7. The number of ether oxygens (including phenoxy) is 3. The highest BCUT2D eigenvalue weighted by Gasteiger charge is 2.36. The molecule has 328 valence electrons. The molecule has 10 nitrogen and oxygen atoms in total. The maximum atomic E-state index is 12.7. The average molecular weight is 823 g/mol. The summed E-state index contributed by atoms with van der Waals surface area (Å²) < 4.78 is 40.0. The third-order valence-corrected chi connectivity index (χ3v) is 10.4. The smallest absolute Gasteiger partial charge is 0.462 e. The molecule has 1 rings (SSSR count). The summed E-state index contributed by atoms with van der Waals surface area (Å²) in [4.78, 5) is 35.4. The van der Waals surface area contributed by atoms with Gasteiger partial charge in [0.15, 0.2) is 6.10 Å². The van der Waals surface area contributed by atoms with Crippen LogP contribution >= 0.6 is 7.82 Å². The van der Waals surface area contributed by atoms with E-state index in [2.05, 4.69) is 74.6 Å². The number of epoxide rings is 1. The average Bonchev–Trinajstić information content (AvgIpc) is 3.91. The minimum Gasteiger partial charge on any atom is -0.462 e. The lowest BCUT2D eigenvalue weighted by Gasteiger charge is -2.24. The Morgan fingerprint density at radius 1 is 0.649 bits per heavy atom. The fraction of sp³-hybridized carbons (Fsp3) is 0.739. The molecule has 1 N–H and O–H groups in total. The molecule has 0 bridgehead atoms. The summed E-state index contributed by atoms with van der Waals surface area (Å²) in [5.74, 6) is -0.891. The van der Waals surface area contributed by atoms with Gasteiger partial charge in [0.25, 0.3) is 0 Å². The molecule has 57 heavy (non-hydrogen) atoms. The summed E-state index contributed by atoms with van der Waals surface area (Å²) >= 11 is 0. The molecular formula is C46H81NO9P+. The van der Waals surface area contributed by atoms with E-state index in [4.69, 9.17) is 23.3 Å². The Morgan fingerprint density at radius 2 is 1.19 bits per heavy atom. The number of hydrogen-bond donors (Lipinski definition) is 1. The summed E-state index contributed by atoms with van der Waals surface area (Å²) in [6.07, 6.45) is 43.0. The lowest BCUT2D eigenvalue weighted by atomic mass is 10.1. The van der Waals surface area contributed by atoms with Gasteiger partial charge in [-0.3, -0.25) is 18.6 Å². The Balaban J connectivity index is 2.33. The van der Waals surface area contributed by atoms with E-state index in [0.29, 0.717) is 36.1 Å². The fourth-order valence-corrected chi connectivity index (χ4v) is 6.58. The lowest BCUT2D eigenvalue weighted by Crippen LogP contribution is -2.37. The highest BCUT2D eigenvalue weighted by Crippen LogP contribution is 2.43. The molecular weight excluding hydrogens is 741 g/mol. The predicted octanol–water partition coefficient (Wildman–Crippen LogP) is 11.5. The molecule has 4 atom stereocenters. The molecule has 3 unspecified atom stereocenters. The van der Waals surface area contributed by atoms with Crippen molar-refractivity contribution in [2.24, 2.45) is 0 Å². The van der Waals surface area contributed by atoms with Crippen molar-refractivity contribution in [3.63, 3.8) is 0 Å². The predicted molar refractivity (Wildman–Crippen MR) is 233 cm³/mol. The maximum absolute atomic E-state index is 12.7. The van der Waals surface area contributed by atoms with Gasteiger partial charge in [-0.05, 0) is 77.0 Å². The molecule has 0 amide bonds. The summed E-state index contributed by atoms with van der Waals surface area (Å²) in [5.41, 5.74) is 0. The van der Waals surface area contributed by atoms with Crippen LogP contribution in [0.15, 0.2) is 60.8 Å². The lowest BCUT2D eigenvalue weighted by molar-refractivity contribution is -0.870. The molecule has 0 radical (unpaired) electrons. The number of quaternary nitrogens is 1. The van der Waals surface area contributed by atoms with E-state index in [-0.39, 0.29) is 26.1 Å². The minimum atomic E-state index is -4.40. The number of rotatable bonds is 38. The SMILES string of the molecule is CCCCC/C=C\C/C=C\C/C=C\C/C=C\CCCC(=O)OC[C@H](COP(=O)(O)OCC[N+](C)(C)C)OC(=O)CCCCCCC/C=C\CC1OC1CCCCC. The van der Waals surface area contributed by atoms with Gasteiger partial charge in [0.2, 0.25) is 0 Å². The van der Waals surface area contributed by atoms with Crippen LogP contribution in [-0.2, 0) is 37.4 Å². The van der Waals surface area contributed by atoms with Crippen LogP contribution < -0.4 is 0 Å². The number of esters is 2. The zero-order valence-electron chi connectivity index (χ0n) is 36.5. The quantitative estimate of drug-likeness (QED) is 0.0162. The normalized spacial score (nSPS) is 17.7. The number of carbonyl (C=O) groups excluding carboxylic acids is 2. The summed E-state index contributed by atoms with van der Waals surface area (Å²) in [6.45, 7) is 4.26. The number of nitrogens with zero attached hydrogens (tertiary/aromatic N) is 1. The van der Waals surface area contributed by atoms with E-state index in [1.54, 1.807) is 0 Å². The number of carbonyl (C=O) groups is 2. The van der Waals surface area contributed by atoms with E-state index in [9.17, 15) is 19.0 Å². The third-order valence-electron chi connectivity index (χ3n) is 9.44. The topological polar surface area (TPSA) is 121 Å². The molecule has 0 aromatic carbocycles. The Labute approximate surface area is 347 Å². The van der Waals surface area contributed by atoms with Crippen molar-refractivity contribution in [3.05, 3.63) is 60.8 Å². The van der Waals surface area contributed by atoms with Crippen LogP contribution in [0.3, 0.4) is 0 Å². The van der Waals surface area contributed by atoms with Gasteiger partial charge >= 0.3 is 19.8 Å². The second-order valence-corrected chi connectivity index (χ2v) is 17.6. The Bertz CT molecular complexity index is 1220. The molecule has 1 aliphatic heterocycles. The largest absolute Gasteiger partial charge is 0.472 e. The Hall–Kier alpha value is -2.33. The van der Waals surface area contributed by atoms with Gasteiger partial charge in [-0.15, -0.1) is 0 Å². The number of unbranched alkanes of at least 4 members (excludes halogenated alkanes) is 11. The highest BCUT2D eigenvalue weighted by molar-refractivity contribution is 7.47. The molecule has 0 aliphatic carbocycles.